The number of benzene rings is 1. The van der Waals surface area contributed by atoms with Crippen LogP contribution in [-0.4, -0.2) is 37.7 Å². The first kappa shape index (κ1) is 16.3. The minimum Gasteiger partial charge on any atom is -0.497 e. The number of nitrogens with two attached hydrogens (primary N) is 1. The van der Waals surface area contributed by atoms with Gasteiger partial charge in [-0.3, -0.25) is 0 Å². The highest BCUT2D eigenvalue weighted by Gasteiger charge is 2.28. The summed E-state index contributed by atoms with van der Waals surface area (Å²) in [5, 5.41) is 0. The summed E-state index contributed by atoms with van der Waals surface area (Å²) in [6, 6.07) is 7.06. The zero-order valence-electron chi connectivity index (χ0n) is 13.9. The van der Waals surface area contributed by atoms with Gasteiger partial charge in [0.2, 0.25) is 0 Å². The number of hydrogen-bond donors (Lipinski definition) is 1. The predicted octanol–water partition coefficient (Wildman–Crippen LogP) is 3.17. The molecule has 2 N–H and O–H groups in total. The van der Waals surface area contributed by atoms with Crippen molar-refractivity contribution in [3.05, 3.63) is 29.3 Å². The molecule has 1 unspecified atom stereocenters. The molecule has 1 atom stereocenters. The molecule has 1 aliphatic rings. The first-order valence-electron chi connectivity index (χ1n) is 8.15. The van der Waals surface area contributed by atoms with Gasteiger partial charge in [0.15, 0.2) is 0 Å². The van der Waals surface area contributed by atoms with Crippen molar-refractivity contribution in [1.82, 2.24) is 4.90 Å². The maximum atomic E-state index is 6.12. The molecule has 0 aliphatic carbocycles. The van der Waals surface area contributed by atoms with Crippen molar-refractivity contribution in [2.75, 3.05) is 26.7 Å². The summed E-state index contributed by atoms with van der Waals surface area (Å²) in [7, 11) is 1.72. The molecule has 118 valence electrons. The molecule has 0 saturated carbocycles. The normalized spacial score (nSPS) is 19.0. The van der Waals surface area contributed by atoms with Crippen molar-refractivity contribution >= 4 is 0 Å². The molecule has 3 heteroatoms. The van der Waals surface area contributed by atoms with Gasteiger partial charge >= 0.3 is 0 Å². The van der Waals surface area contributed by atoms with Crippen molar-refractivity contribution in [2.24, 2.45) is 11.7 Å². The Hall–Kier alpha value is -1.06. The molecular formula is C18H30N2O. The van der Waals surface area contributed by atoms with E-state index in [-0.39, 0.29) is 0 Å². The molecule has 1 aromatic carbocycles. The molecule has 3 nitrogen and oxygen atoms in total. The van der Waals surface area contributed by atoms with Crippen molar-refractivity contribution in [3.63, 3.8) is 0 Å². The first-order chi connectivity index (χ1) is 10.1. The zero-order valence-corrected chi connectivity index (χ0v) is 13.9. The molecule has 1 heterocycles. The highest BCUT2D eigenvalue weighted by Crippen LogP contribution is 2.35. The fraction of sp³-hybridized carbons (Fsp3) is 0.667. The van der Waals surface area contributed by atoms with Gasteiger partial charge in [0, 0.05) is 6.04 Å². The SMILES string of the molecule is COc1ccc(C(CN)C2CCN(C(C)C)CC2)c(C)c1. The van der Waals surface area contributed by atoms with Crippen molar-refractivity contribution in [3.8, 4) is 5.75 Å². The Labute approximate surface area is 129 Å². The van der Waals surface area contributed by atoms with Crippen LogP contribution in [0.2, 0.25) is 0 Å². The van der Waals surface area contributed by atoms with Gasteiger partial charge in [0.1, 0.15) is 5.75 Å². The summed E-state index contributed by atoms with van der Waals surface area (Å²) >= 11 is 0. The van der Waals surface area contributed by atoms with Gasteiger partial charge in [-0.2, -0.15) is 0 Å². The number of likely N-dealkylation sites (tertiary alicyclic amines) is 1. The maximum absolute atomic E-state index is 6.12. The van der Waals surface area contributed by atoms with E-state index in [0.717, 1.165) is 12.3 Å². The molecule has 0 spiro atoms. The van der Waals surface area contributed by atoms with E-state index < -0.39 is 0 Å². The molecular weight excluding hydrogens is 260 g/mol. The molecule has 0 aromatic heterocycles. The Morgan fingerprint density at radius 2 is 1.95 bits per heavy atom. The van der Waals surface area contributed by atoms with Crippen LogP contribution in [0.5, 0.6) is 5.75 Å². The van der Waals surface area contributed by atoms with Crippen molar-refractivity contribution in [1.29, 1.82) is 0 Å². The fourth-order valence-electron chi connectivity index (χ4n) is 3.60. The summed E-state index contributed by atoms with van der Waals surface area (Å²) in [5.41, 5.74) is 8.83. The third kappa shape index (κ3) is 3.78. The molecule has 1 saturated heterocycles. The summed E-state index contributed by atoms with van der Waals surface area (Å²) in [4.78, 5) is 2.57. The largest absolute Gasteiger partial charge is 0.497 e. The minimum atomic E-state index is 0.477. The van der Waals surface area contributed by atoms with Crippen LogP contribution in [0.15, 0.2) is 18.2 Å². The number of rotatable bonds is 5. The van der Waals surface area contributed by atoms with E-state index in [4.69, 9.17) is 10.5 Å². The smallest absolute Gasteiger partial charge is 0.119 e. The van der Waals surface area contributed by atoms with Crippen LogP contribution in [0.3, 0.4) is 0 Å². The number of aryl methyl sites for hydroxylation is 1. The molecule has 1 fully saturated rings. The number of hydrogen-bond acceptors (Lipinski definition) is 3. The minimum absolute atomic E-state index is 0.477. The highest BCUT2D eigenvalue weighted by atomic mass is 16.5. The predicted molar refractivity (Wildman–Crippen MR) is 89.0 cm³/mol. The van der Waals surface area contributed by atoms with Crippen LogP contribution in [0.1, 0.15) is 43.7 Å². The third-order valence-electron chi connectivity index (χ3n) is 5.00. The maximum Gasteiger partial charge on any atom is 0.119 e. The van der Waals surface area contributed by atoms with Crippen LogP contribution < -0.4 is 10.5 Å². The van der Waals surface area contributed by atoms with Crippen LogP contribution >= 0.6 is 0 Å². The molecule has 0 amide bonds. The highest BCUT2D eigenvalue weighted by molar-refractivity contribution is 5.37. The van der Waals surface area contributed by atoms with Crippen LogP contribution in [-0.2, 0) is 0 Å². The molecule has 1 aromatic rings. The lowest BCUT2D eigenvalue weighted by molar-refractivity contribution is 0.138. The fourth-order valence-corrected chi connectivity index (χ4v) is 3.60. The topological polar surface area (TPSA) is 38.5 Å². The Morgan fingerprint density at radius 3 is 2.43 bits per heavy atom. The Kier molecular flexibility index (Phi) is 5.65. The van der Waals surface area contributed by atoms with E-state index in [1.165, 1.54) is 37.1 Å². The van der Waals surface area contributed by atoms with E-state index in [2.05, 4.69) is 43.9 Å². The van der Waals surface area contributed by atoms with Gasteiger partial charge in [0.25, 0.3) is 0 Å². The lowest BCUT2D eigenvalue weighted by Gasteiger charge is -2.38. The molecule has 0 bridgehead atoms. The second-order valence-electron chi connectivity index (χ2n) is 6.53. The van der Waals surface area contributed by atoms with Crippen LogP contribution in [0, 0.1) is 12.8 Å². The number of ether oxygens (including phenoxy) is 1. The Bertz CT molecular complexity index is 451. The van der Waals surface area contributed by atoms with Gasteiger partial charge < -0.3 is 15.4 Å². The second-order valence-corrected chi connectivity index (χ2v) is 6.53. The summed E-state index contributed by atoms with van der Waals surface area (Å²) in [6.07, 6.45) is 2.51. The Morgan fingerprint density at radius 1 is 1.29 bits per heavy atom. The van der Waals surface area contributed by atoms with Crippen LogP contribution in [0.4, 0.5) is 0 Å². The summed E-state index contributed by atoms with van der Waals surface area (Å²) in [5.74, 6) is 2.11. The van der Waals surface area contributed by atoms with Crippen molar-refractivity contribution in [2.45, 2.75) is 45.6 Å². The van der Waals surface area contributed by atoms with E-state index in [0.29, 0.717) is 17.9 Å². The summed E-state index contributed by atoms with van der Waals surface area (Å²) in [6.45, 7) is 9.88. The Balaban J connectivity index is 2.10. The van der Waals surface area contributed by atoms with E-state index >= 15 is 0 Å². The van der Waals surface area contributed by atoms with E-state index in [9.17, 15) is 0 Å². The van der Waals surface area contributed by atoms with Gasteiger partial charge in [-0.1, -0.05) is 6.07 Å². The molecule has 0 radical (unpaired) electrons. The van der Waals surface area contributed by atoms with Gasteiger partial charge in [-0.05, 0) is 88.3 Å². The molecule has 2 rings (SSSR count). The van der Waals surface area contributed by atoms with E-state index in [1.807, 2.05) is 0 Å². The van der Waals surface area contributed by atoms with Gasteiger partial charge in [0.05, 0.1) is 7.11 Å². The monoisotopic (exact) mass is 290 g/mol. The van der Waals surface area contributed by atoms with Crippen molar-refractivity contribution < 1.29 is 4.74 Å². The number of piperidine rings is 1. The number of methoxy groups -OCH3 is 1. The average molecular weight is 290 g/mol. The lowest BCUT2D eigenvalue weighted by atomic mass is 9.78. The van der Waals surface area contributed by atoms with E-state index in [1.54, 1.807) is 7.11 Å². The quantitative estimate of drug-likeness (QED) is 0.905. The number of nitrogens with zero attached hydrogens (tertiary/aromatic N) is 1. The zero-order chi connectivity index (χ0) is 15.4. The van der Waals surface area contributed by atoms with Gasteiger partial charge in [-0.15, -0.1) is 0 Å². The molecule has 1 aliphatic heterocycles. The first-order valence-corrected chi connectivity index (χ1v) is 8.15. The lowest BCUT2D eigenvalue weighted by Crippen LogP contribution is -2.40. The summed E-state index contributed by atoms with van der Waals surface area (Å²) < 4.78 is 5.31. The average Bonchev–Trinajstić information content (AvgIpc) is 2.50. The third-order valence-corrected chi connectivity index (χ3v) is 5.00. The standard InChI is InChI=1S/C18H30N2O/c1-13(2)20-9-7-15(8-10-20)18(12-19)17-6-5-16(21-4)11-14(17)3/h5-6,11,13,15,18H,7-10,12,19H2,1-4H3. The van der Waals surface area contributed by atoms with Gasteiger partial charge in [-0.25, -0.2) is 0 Å². The molecule has 21 heavy (non-hydrogen) atoms. The second kappa shape index (κ2) is 7.28. The van der Waals surface area contributed by atoms with Crippen LogP contribution in [0.25, 0.3) is 0 Å².